The molecular formula is C20H23NO4. The molecule has 0 aliphatic carbocycles. The second-order valence-electron chi connectivity index (χ2n) is 5.65. The number of benzene rings is 2. The molecule has 0 bridgehead atoms. The van der Waals surface area contributed by atoms with Crippen molar-refractivity contribution in [1.82, 2.24) is 5.32 Å². The topological polar surface area (TPSA) is 64.6 Å². The molecule has 5 nitrogen and oxygen atoms in total. The number of ether oxygens (including phenoxy) is 2. The first-order valence-electron chi connectivity index (χ1n) is 8.24. The highest BCUT2D eigenvalue weighted by Crippen LogP contribution is 2.08. The zero-order valence-corrected chi connectivity index (χ0v) is 14.4. The number of nitrogens with one attached hydrogen (secondary N) is 1. The van der Waals surface area contributed by atoms with Crippen molar-refractivity contribution in [2.45, 2.75) is 19.4 Å². The van der Waals surface area contributed by atoms with Crippen molar-refractivity contribution in [3.05, 3.63) is 71.3 Å². The van der Waals surface area contributed by atoms with E-state index in [0.29, 0.717) is 18.7 Å². The van der Waals surface area contributed by atoms with Crippen molar-refractivity contribution in [3.63, 3.8) is 0 Å². The van der Waals surface area contributed by atoms with E-state index in [1.165, 1.54) is 5.56 Å². The first-order valence-corrected chi connectivity index (χ1v) is 8.24. The molecule has 0 aromatic heterocycles. The summed E-state index contributed by atoms with van der Waals surface area (Å²) in [4.78, 5) is 23.7. The Bertz CT molecular complexity index is 685. The van der Waals surface area contributed by atoms with Gasteiger partial charge in [0.1, 0.15) is 0 Å². The van der Waals surface area contributed by atoms with Gasteiger partial charge in [0.2, 0.25) is 0 Å². The van der Waals surface area contributed by atoms with Gasteiger partial charge in [0.05, 0.1) is 12.2 Å². The van der Waals surface area contributed by atoms with Gasteiger partial charge in [-0.2, -0.15) is 0 Å². The van der Waals surface area contributed by atoms with Gasteiger partial charge in [-0.05, 0) is 36.1 Å². The third kappa shape index (κ3) is 6.77. The molecule has 0 atom stereocenters. The van der Waals surface area contributed by atoms with Gasteiger partial charge in [-0.15, -0.1) is 0 Å². The lowest BCUT2D eigenvalue weighted by Gasteiger charge is -2.07. The number of amides is 1. The number of carbonyl (C=O) groups is 2. The van der Waals surface area contributed by atoms with E-state index in [9.17, 15) is 9.59 Å². The molecule has 0 saturated carbocycles. The molecule has 0 heterocycles. The molecule has 0 spiro atoms. The zero-order chi connectivity index (χ0) is 17.9. The largest absolute Gasteiger partial charge is 0.452 e. The Labute approximate surface area is 148 Å². The maximum Gasteiger partial charge on any atom is 0.338 e. The Kier molecular flexibility index (Phi) is 7.66. The lowest BCUT2D eigenvalue weighted by Crippen LogP contribution is -2.29. The molecule has 0 aliphatic rings. The van der Waals surface area contributed by atoms with Crippen LogP contribution in [0.4, 0.5) is 0 Å². The number of hydrogen-bond donors (Lipinski definition) is 1. The van der Waals surface area contributed by atoms with Crippen LogP contribution in [-0.2, 0) is 27.3 Å². The summed E-state index contributed by atoms with van der Waals surface area (Å²) in [5.41, 5.74) is 2.52. The number of rotatable bonds is 9. The third-order valence-electron chi connectivity index (χ3n) is 3.62. The maximum absolute atomic E-state index is 12.0. The number of hydrogen-bond acceptors (Lipinski definition) is 4. The summed E-state index contributed by atoms with van der Waals surface area (Å²) >= 11 is 0. The smallest absolute Gasteiger partial charge is 0.338 e. The molecule has 0 unspecified atom stereocenters. The van der Waals surface area contributed by atoms with Crippen molar-refractivity contribution in [2.75, 3.05) is 20.3 Å². The number of carbonyl (C=O) groups excluding carboxylic acids is 2. The second kappa shape index (κ2) is 10.3. The van der Waals surface area contributed by atoms with Crippen LogP contribution in [0.5, 0.6) is 0 Å². The van der Waals surface area contributed by atoms with Gasteiger partial charge in [0.25, 0.3) is 5.91 Å². The highest BCUT2D eigenvalue weighted by Gasteiger charge is 2.10. The molecule has 2 aromatic rings. The summed E-state index contributed by atoms with van der Waals surface area (Å²) in [6.45, 7) is 0.691. The lowest BCUT2D eigenvalue weighted by atomic mass is 10.1. The number of aryl methyl sites for hydroxylation is 1. The van der Waals surface area contributed by atoms with E-state index in [1.807, 2.05) is 24.3 Å². The summed E-state index contributed by atoms with van der Waals surface area (Å²) in [7, 11) is 1.59. The van der Waals surface area contributed by atoms with Crippen LogP contribution in [0, 0.1) is 0 Å². The Morgan fingerprint density at radius 2 is 1.76 bits per heavy atom. The molecule has 132 valence electrons. The standard InChI is InChI=1S/C20H23NO4/c1-24-14-17-9-5-11-18(13-17)20(23)25-15-19(22)21-12-6-10-16-7-3-2-4-8-16/h2-5,7-9,11,13H,6,10,12,14-15H2,1H3,(H,21,22). The second-order valence-corrected chi connectivity index (χ2v) is 5.65. The molecule has 2 aromatic carbocycles. The van der Waals surface area contributed by atoms with Crippen LogP contribution >= 0.6 is 0 Å². The predicted octanol–water partition coefficient (Wildman–Crippen LogP) is 2.74. The maximum atomic E-state index is 12.0. The van der Waals surface area contributed by atoms with Crippen molar-refractivity contribution in [3.8, 4) is 0 Å². The van der Waals surface area contributed by atoms with E-state index in [1.54, 1.807) is 25.3 Å². The first kappa shape index (κ1) is 18.7. The van der Waals surface area contributed by atoms with Crippen LogP contribution in [0.3, 0.4) is 0 Å². The summed E-state index contributed by atoms with van der Waals surface area (Å²) < 4.78 is 10.1. The van der Waals surface area contributed by atoms with Gasteiger partial charge in [-0.25, -0.2) is 4.79 Å². The molecule has 1 amide bonds. The van der Waals surface area contributed by atoms with Crippen LogP contribution < -0.4 is 5.32 Å². The van der Waals surface area contributed by atoms with Crippen molar-refractivity contribution in [2.24, 2.45) is 0 Å². The summed E-state index contributed by atoms with van der Waals surface area (Å²) in [6, 6.07) is 17.0. The Balaban J connectivity index is 1.67. The zero-order valence-electron chi connectivity index (χ0n) is 14.4. The van der Waals surface area contributed by atoms with Crippen LogP contribution in [0.2, 0.25) is 0 Å². The van der Waals surface area contributed by atoms with E-state index in [-0.39, 0.29) is 12.5 Å². The Hall–Kier alpha value is -2.66. The average Bonchev–Trinajstić information content (AvgIpc) is 2.64. The quantitative estimate of drug-likeness (QED) is 0.563. The van der Waals surface area contributed by atoms with E-state index < -0.39 is 5.97 Å². The lowest BCUT2D eigenvalue weighted by molar-refractivity contribution is -0.124. The number of esters is 1. The Morgan fingerprint density at radius 3 is 2.52 bits per heavy atom. The highest BCUT2D eigenvalue weighted by atomic mass is 16.5. The fourth-order valence-electron chi connectivity index (χ4n) is 2.39. The van der Waals surface area contributed by atoms with Gasteiger partial charge < -0.3 is 14.8 Å². The SMILES string of the molecule is COCc1cccc(C(=O)OCC(=O)NCCCc2ccccc2)c1. The van der Waals surface area contributed by atoms with Crippen LogP contribution in [0.25, 0.3) is 0 Å². The Morgan fingerprint density at radius 1 is 1.00 bits per heavy atom. The molecule has 0 radical (unpaired) electrons. The minimum absolute atomic E-state index is 0.279. The van der Waals surface area contributed by atoms with E-state index >= 15 is 0 Å². The molecule has 0 aliphatic heterocycles. The molecule has 0 saturated heterocycles. The minimum atomic E-state index is -0.516. The van der Waals surface area contributed by atoms with Crippen molar-refractivity contribution in [1.29, 1.82) is 0 Å². The fourth-order valence-corrected chi connectivity index (χ4v) is 2.39. The fraction of sp³-hybridized carbons (Fsp3) is 0.300. The van der Waals surface area contributed by atoms with Gasteiger partial charge >= 0.3 is 5.97 Å². The van der Waals surface area contributed by atoms with Crippen LogP contribution in [0.15, 0.2) is 54.6 Å². The molecule has 25 heavy (non-hydrogen) atoms. The number of methoxy groups -OCH3 is 1. The van der Waals surface area contributed by atoms with Crippen LogP contribution in [0.1, 0.15) is 27.9 Å². The minimum Gasteiger partial charge on any atom is -0.452 e. The average molecular weight is 341 g/mol. The molecule has 5 heteroatoms. The van der Waals surface area contributed by atoms with E-state index in [2.05, 4.69) is 17.4 Å². The normalized spacial score (nSPS) is 10.3. The van der Waals surface area contributed by atoms with Gasteiger partial charge in [0.15, 0.2) is 6.61 Å². The first-order chi connectivity index (χ1) is 12.2. The third-order valence-corrected chi connectivity index (χ3v) is 3.62. The molecular weight excluding hydrogens is 318 g/mol. The van der Waals surface area contributed by atoms with Gasteiger partial charge in [-0.3, -0.25) is 4.79 Å². The molecule has 2 rings (SSSR count). The highest BCUT2D eigenvalue weighted by molar-refractivity contribution is 5.91. The van der Waals surface area contributed by atoms with Crippen molar-refractivity contribution < 1.29 is 19.1 Å². The molecule has 1 N–H and O–H groups in total. The van der Waals surface area contributed by atoms with E-state index in [0.717, 1.165) is 18.4 Å². The summed E-state index contributed by atoms with van der Waals surface area (Å²) in [5.74, 6) is -0.813. The monoisotopic (exact) mass is 341 g/mol. The predicted molar refractivity (Wildman–Crippen MR) is 95.2 cm³/mol. The summed E-state index contributed by atoms with van der Waals surface area (Å²) in [6.07, 6.45) is 1.73. The summed E-state index contributed by atoms with van der Waals surface area (Å²) in [5, 5.41) is 2.76. The van der Waals surface area contributed by atoms with Crippen LogP contribution in [-0.4, -0.2) is 32.1 Å². The van der Waals surface area contributed by atoms with Gasteiger partial charge in [0, 0.05) is 13.7 Å². The van der Waals surface area contributed by atoms with E-state index in [4.69, 9.17) is 9.47 Å². The van der Waals surface area contributed by atoms with Gasteiger partial charge in [-0.1, -0.05) is 42.5 Å². The molecule has 0 fully saturated rings. The van der Waals surface area contributed by atoms with Crippen molar-refractivity contribution >= 4 is 11.9 Å².